The Morgan fingerprint density at radius 1 is 1.10 bits per heavy atom. The average molecular weight is 417 g/mol. The van der Waals surface area contributed by atoms with Gasteiger partial charge in [0.05, 0.1) is 6.04 Å². The molecule has 0 radical (unpaired) electrons. The molecule has 1 atom stereocenters. The molecule has 1 unspecified atom stereocenters. The van der Waals surface area contributed by atoms with Crippen molar-refractivity contribution in [2.45, 2.75) is 58.4 Å². The Bertz CT molecular complexity index is 696. The molecule has 1 aromatic carbocycles. The molecular formula is C23H36N4OS. The highest BCUT2D eigenvalue weighted by Gasteiger charge is 2.15. The standard InChI is InChI=1S/C23H36N4OS/c1-3-5-14-27(15-6-4-2)16-10-13-25-22(28)21-18-29-23(26-21)20(24)17-19-11-8-7-9-12-19/h7-9,11-12,18,20H,3-6,10,13-17,24H2,1-2H3,(H,25,28). The minimum Gasteiger partial charge on any atom is -0.351 e. The number of hydrogen-bond acceptors (Lipinski definition) is 5. The van der Waals surface area contributed by atoms with Gasteiger partial charge in [-0.2, -0.15) is 0 Å². The number of rotatable bonds is 14. The van der Waals surface area contributed by atoms with Gasteiger partial charge in [-0.25, -0.2) is 4.98 Å². The summed E-state index contributed by atoms with van der Waals surface area (Å²) >= 11 is 1.46. The predicted octanol–water partition coefficient (Wildman–Crippen LogP) is 4.41. The van der Waals surface area contributed by atoms with Gasteiger partial charge in [0.25, 0.3) is 5.91 Å². The van der Waals surface area contributed by atoms with Crippen molar-refractivity contribution in [2.75, 3.05) is 26.2 Å². The third kappa shape index (κ3) is 8.64. The Morgan fingerprint density at radius 3 is 2.41 bits per heavy atom. The minimum atomic E-state index is -0.186. The Labute approximate surface area is 179 Å². The third-order valence-electron chi connectivity index (χ3n) is 4.96. The number of hydrogen-bond donors (Lipinski definition) is 2. The first-order valence-corrected chi connectivity index (χ1v) is 11.8. The van der Waals surface area contributed by atoms with E-state index in [9.17, 15) is 4.79 Å². The Morgan fingerprint density at radius 2 is 1.76 bits per heavy atom. The lowest BCUT2D eigenvalue weighted by atomic mass is 10.1. The van der Waals surface area contributed by atoms with Crippen molar-refractivity contribution >= 4 is 17.2 Å². The number of nitrogens with one attached hydrogen (secondary N) is 1. The van der Waals surface area contributed by atoms with E-state index in [1.807, 2.05) is 23.6 Å². The number of nitrogens with zero attached hydrogens (tertiary/aromatic N) is 2. The maximum absolute atomic E-state index is 12.4. The van der Waals surface area contributed by atoms with Crippen molar-refractivity contribution in [2.24, 2.45) is 5.73 Å². The van der Waals surface area contributed by atoms with Crippen LogP contribution in [-0.2, 0) is 6.42 Å². The molecule has 160 valence electrons. The summed E-state index contributed by atoms with van der Waals surface area (Å²) in [6, 6.07) is 9.95. The molecule has 2 aromatic rings. The number of unbranched alkanes of at least 4 members (excludes halogenated alkanes) is 2. The largest absolute Gasteiger partial charge is 0.351 e. The van der Waals surface area contributed by atoms with E-state index in [4.69, 9.17) is 5.73 Å². The number of amides is 1. The van der Waals surface area contributed by atoms with Crippen molar-refractivity contribution in [3.63, 3.8) is 0 Å². The molecule has 1 amide bonds. The van der Waals surface area contributed by atoms with Crippen molar-refractivity contribution in [1.29, 1.82) is 0 Å². The summed E-state index contributed by atoms with van der Waals surface area (Å²) in [6.45, 7) is 8.47. The van der Waals surface area contributed by atoms with Crippen molar-refractivity contribution in [3.05, 3.63) is 52.0 Å². The molecule has 0 fully saturated rings. The number of carbonyl (C=O) groups excluding carboxylic acids is 1. The van der Waals surface area contributed by atoms with Crippen molar-refractivity contribution in [1.82, 2.24) is 15.2 Å². The third-order valence-corrected chi connectivity index (χ3v) is 5.94. The zero-order chi connectivity index (χ0) is 20.9. The summed E-state index contributed by atoms with van der Waals surface area (Å²) in [5.41, 5.74) is 7.94. The van der Waals surface area contributed by atoms with Crippen LogP contribution < -0.4 is 11.1 Å². The zero-order valence-corrected chi connectivity index (χ0v) is 18.7. The molecule has 3 N–H and O–H groups in total. The second-order valence-electron chi connectivity index (χ2n) is 7.53. The molecule has 0 aliphatic carbocycles. The van der Waals surface area contributed by atoms with E-state index in [1.54, 1.807) is 0 Å². The Hall–Kier alpha value is -1.76. The summed E-state index contributed by atoms with van der Waals surface area (Å²) in [4.78, 5) is 19.4. The van der Waals surface area contributed by atoms with Crippen LogP contribution in [0.3, 0.4) is 0 Å². The van der Waals surface area contributed by atoms with E-state index in [0.717, 1.165) is 37.5 Å². The van der Waals surface area contributed by atoms with E-state index in [0.29, 0.717) is 12.2 Å². The fourth-order valence-corrected chi connectivity index (χ4v) is 4.01. The van der Waals surface area contributed by atoms with Gasteiger partial charge in [0.1, 0.15) is 10.7 Å². The molecule has 1 aromatic heterocycles. The maximum atomic E-state index is 12.4. The van der Waals surface area contributed by atoms with Gasteiger partial charge in [0.2, 0.25) is 0 Å². The SMILES string of the molecule is CCCCN(CCCC)CCCNC(=O)c1csc(C(N)Cc2ccccc2)n1. The number of thiazole rings is 1. The molecule has 0 aliphatic rings. The van der Waals surface area contributed by atoms with Crippen LogP contribution in [0.15, 0.2) is 35.7 Å². The van der Waals surface area contributed by atoms with Gasteiger partial charge in [-0.1, -0.05) is 57.0 Å². The highest BCUT2D eigenvalue weighted by atomic mass is 32.1. The Kier molecular flexibility index (Phi) is 10.9. The molecule has 0 bridgehead atoms. The van der Waals surface area contributed by atoms with Crippen LogP contribution in [0, 0.1) is 0 Å². The van der Waals surface area contributed by atoms with Crippen LogP contribution in [0.4, 0.5) is 0 Å². The quantitative estimate of drug-likeness (QED) is 0.448. The lowest BCUT2D eigenvalue weighted by molar-refractivity contribution is 0.0947. The van der Waals surface area contributed by atoms with Crippen LogP contribution in [0.5, 0.6) is 0 Å². The van der Waals surface area contributed by atoms with E-state index < -0.39 is 0 Å². The average Bonchev–Trinajstić information content (AvgIpc) is 3.23. The van der Waals surface area contributed by atoms with E-state index in [1.165, 1.54) is 42.6 Å². The van der Waals surface area contributed by atoms with Gasteiger partial charge in [-0.15, -0.1) is 11.3 Å². The maximum Gasteiger partial charge on any atom is 0.270 e. The topological polar surface area (TPSA) is 71.2 Å². The van der Waals surface area contributed by atoms with E-state index in [-0.39, 0.29) is 11.9 Å². The summed E-state index contributed by atoms with van der Waals surface area (Å²) in [7, 11) is 0. The summed E-state index contributed by atoms with van der Waals surface area (Å²) in [5, 5.41) is 5.63. The molecule has 0 spiro atoms. The van der Waals surface area contributed by atoms with Gasteiger partial charge in [-0.3, -0.25) is 4.79 Å². The molecule has 29 heavy (non-hydrogen) atoms. The Balaban J connectivity index is 1.75. The van der Waals surface area contributed by atoms with E-state index in [2.05, 4.69) is 41.2 Å². The number of carbonyl (C=O) groups is 1. The highest BCUT2D eigenvalue weighted by molar-refractivity contribution is 7.09. The van der Waals surface area contributed by atoms with Crippen LogP contribution in [0.1, 0.15) is 73.1 Å². The van der Waals surface area contributed by atoms with Gasteiger partial charge < -0.3 is 16.0 Å². The first kappa shape index (κ1) is 23.5. The van der Waals surface area contributed by atoms with Crippen LogP contribution in [0.2, 0.25) is 0 Å². The van der Waals surface area contributed by atoms with Crippen molar-refractivity contribution in [3.8, 4) is 0 Å². The highest BCUT2D eigenvalue weighted by Crippen LogP contribution is 2.20. The second kappa shape index (κ2) is 13.5. The molecule has 5 nitrogen and oxygen atoms in total. The molecule has 0 saturated heterocycles. The normalized spacial score (nSPS) is 12.3. The number of aromatic nitrogens is 1. The summed E-state index contributed by atoms with van der Waals surface area (Å²) < 4.78 is 0. The smallest absolute Gasteiger partial charge is 0.270 e. The van der Waals surface area contributed by atoms with Crippen LogP contribution in [0.25, 0.3) is 0 Å². The fraction of sp³-hybridized carbons (Fsp3) is 0.565. The van der Waals surface area contributed by atoms with Gasteiger partial charge in [0, 0.05) is 11.9 Å². The summed E-state index contributed by atoms with van der Waals surface area (Å²) in [6.07, 6.45) is 6.60. The van der Waals surface area contributed by atoms with Gasteiger partial charge in [-0.05, 0) is 50.9 Å². The zero-order valence-electron chi connectivity index (χ0n) is 17.9. The van der Waals surface area contributed by atoms with Crippen molar-refractivity contribution < 1.29 is 4.79 Å². The molecule has 1 heterocycles. The lowest BCUT2D eigenvalue weighted by Crippen LogP contribution is -2.31. The fourth-order valence-electron chi connectivity index (χ4n) is 3.21. The first-order valence-electron chi connectivity index (χ1n) is 10.9. The number of benzene rings is 1. The molecule has 0 saturated carbocycles. The minimum absolute atomic E-state index is 0.104. The molecular weight excluding hydrogens is 380 g/mol. The van der Waals surface area contributed by atoms with Gasteiger partial charge >= 0.3 is 0 Å². The predicted molar refractivity (Wildman–Crippen MR) is 122 cm³/mol. The first-order chi connectivity index (χ1) is 14.1. The molecule has 2 rings (SSSR count). The lowest BCUT2D eigenvalue weighted by Gasteiger charge is -2.21. The van der Waals surface area contributed by atoms with E-state index >= 15 is 0 Å². The second-order valence-corrected chi connectivity index (χ2v) is 8.42. The molecule has 6 heteroatoms. The van der Waals surface area contributed by atoms with Crippen LogP contribution in [-0.4, -0.2) is 42.0 Å². The van der Waals surface area contributed by atoms with Crippen LogP contribution >= 0.6 is 11.3 Å². The monoisotopic (exact) mass is 416 g/mol. The summed E-state index contributed by atoms with van der Waals surface area (Å²) in [5.74, 6) is -0.104. The number of nitrogens with two attached hydrogens (primary N) is 1. The van der Waals surface area contributed by atoms with Gasteiger partial charge in [0.15, 0.2) is 0 Å². The molecule has 0 aliphatic heterocycles.